The molecule has 146 valence electrons. The summed E-state index contributed by atoms with van der Waals surface area (Å²) < 4.78 is 5.23. The van der Waals surface area contributed by atoms with Crippen LogP contribution in [0.5, 0.6) is 5.75 Å². The van der Waals surface area contributed by atoms with Crippen molar-refractivity contribution in [3.8, 4) is 5.75 Å². The van der Waals surface area contributed by atoms with E-state index >= 15 is 0 Å². The Kier molecular flexibility index (Phi) is 6.01. The fourth-order valence-corrected chi connectivity index (χ4v) is 3.86. The summed E-state index contributed by atoms with van der Waals surface area (Å²) in [5.41, 5.74) is -0.208. The number of hydrogen-bond donors (Lipinski definition) is 2. The third-order valence-electron chi connectivity index (χ3n) is 5.31. The number of Topliss-reactive ketones (excluding diaryl/α,β-unsaturated/α-hetero) is 1. The van der Waals surface area contributed by atoms with Crippen LogP contribution in [0.2, 0.25) is 5.02 Å². The predicted octanol–water partition coefficient (Wildman–Crippen LogP) is 2.38. The van der Waals surface area contributed by atoms with Gasteiger partial charge in [-0.05, 0) is 50.4 Å². The van der Waals surface area contributed by atoms with E-state index in [2.05, 4.69) is 15.5 Å². The van der Waals surface area contributed by atoms with Crippen LogP contribution in [-0.4, -0.2) is 54.9 Å². The zero-order chi connectivity index (χ0) is 19.4. The molecule has 0 atom stereocenters. The number of ketones is 1. The Hall–Kier alpha value is -2.12. The third kappa shape index (κ3) is 4.42. The van der Waals surface area contributed by atoms with Gasteiger partial charge in [-0.2, -0.15) is 0 Å². The van der Waals surface area contributed by atoms with Crippen molar-refractivity contribution in [1.82, 2.24) is 15.5 Å². The molecule has 2 N–H and O–H groups in total. The number of hydrogen-bond acceptors (Lipinski definition) is 5. The first kappa shape index (κ1) is 19.6. The molecule has 0 bridgehead atoms. The molecule has 0 saturated carbocycles. The molecule has 7 nitrogen and oxygen atoms in total. The summed E-state index contributed by atoms with van der Waals surface area (Å²) in [6.45, 7) is 2.37. The number of nitrogens with one attached hydrogen (secondary N) is 2. The van der Waals surface area contributed by atoms with Crippen LogP contribution in [0.25, 0.3) is 0 Å². The molecular formula is C19H24ClN3O4. The summed E-state index contributed by atoms with van der Waals surface area (Å²) in [6, 6.07) is 4.65. The lowest BCUT2D eigenvalue weighted by Crippen LogP contribution is -2.54. The first-order chi connectivity index (χ1) is 12.9. The van der Waals surface area contributed by atoms with E-state index in [9.17, 15) is 14.4 Å². The number of imide groups is 1. The second-order valence-electron chi connectivity index (χ2n) is 7.06. The number of ether oxygens (including phenoxy) is 1. The molecule has 8 heteroatoms. The Morgan fingerprint density at radius 1 is 1.26 bits per heavy atom. The predicted molar refractivity (Wildman–Crippen MR) is 101 cm³/mol. The van der Waals surface area contributed by atoms with E-state index in [1.807, 2.05) is 0 Å². The van der Waals surface area contributed by atoms with Gasteiger partial charge in [-0.25, -0.2) is 4.79 Å². The maximum atomic E-state index is 12.4. The molecule has 0 unspecified atom stereocenters. The van der Waals surface area contributed by atoms with Crippen molar-refractivity contribution in [3.63, 3.8) is 0 Å². The van der Waals surface area contributed by atoms with Crippen molar-refractivity contribution >= 4 is 29.3 Å². The van der Waals surface area contributed by atoms with E-state index in [0.717, 1.165) is 32.5 Å². The highest BCUT2D eigenvalue weighted by Gasteiger charge is 2.47. The highest BCUT2D eigenvalue weighted by Crippen LogP contribution is 2.26. The minimum absolute atomic E-state index is 0.0253. The lowest BCUT2D eigenvalue weighted by Gasteiger charge is -2.36. The molecular weight excluding hydrogens is 370 g/mol. The van der Waals surface area contributed by atoms with Crippen LogP contribution in [0.15, 0.2) is 18.2 Å². The van der Waals surface area contributed by atoms with Crippen molar-refractivity contribution < 1.29 is 19.1 Å². The van der Waals surface area contributed by atoms with Crippen LogP contribution in [-0.2, 0) is 4.79 Å². The van der Waals surface area contributed by atoms with Crippen molar-refractivity contribution in [2.75, 3.05) is 26.7 Å². The smallest absolute Gasteiger partial charge is 0.322 e. The number of nitrogens with zero attached hydrogens (tertiary/aromatic N) is 1. The number of carbonyl (C=O) groups is 3. The zero-order valence-corrected chi connectivity index (χ0v) is 16.1. The number of carbonyl (C=O) groups excluding carboxylic acids is 3. The second kappa shape index (κ2) is 8.27. The third-order valence-corrected chi connectivity index (χ3v) is 5.55. The van der Waals surface area contributed by atoms with Gasteiger partial charge in [0.1, 0.15) is 11.3 Å². The van der Waals surface area contributed by atoms with E-state index in [1.54, 1.807) is 18.2 Å². The van der Waals surface area contributed by atoms with E-state index in [0.29, 0.717) is 35.6 Å². The summed E-state index contributed by atoms with van der Waals surface area (Å²) in [5, 5.41) is 5.60. The van der Waals surface area contributed by atoms with Gasteiger partial charge in [-0.1, -0.05) is 11.6 Å². The Balaban J connectivity index is 1.41. The van der Waals surface area contributed by atoms with Gasteiger partial charge in [0, 0.05) is 24.5 Å². The molecule has 2 aliphatic rings. The Bertz CT molecular complexity index is 744. The molecule has 1 spiro atoms. The molecule has 2 saturated heterocycles. The van der Waals surface area contributed by atoms with Gasteiger partial charge in [0.2, 0.25) is 0 Å². The Morgan fingerprint density at radius 3 is 2.63 bits per heavy atom. The number of rotatable bonds is 7. The highest BCUT2D eigenvalue weighted by atomic mass is 35.5. The molecule has 0 aliphatic carbocycles. The number of likely N-dealkylation sites (tertiary alicyclic amines) is 1. The Labute approximate surface area is 163 Å². The molecule has 0 radical (unpaired) electrons. The largest absolute Gasteiger partial charge is 0.496 e. The monoisotopic (exact) mass is 393 g/mol. The number of halogens is 1. The average molecular weight is 394 g/mol. The van der Waals surface area contributed by atoms with Gasteiger partial charge >= 0.3 is 6.03 Å². The topological polar surface area (TPSA) is 87.7 Å². The SMILES string of the molecule is COc1ccc(Cl)cc1C(=O)CCCCN1CCC2(CC1)NC(=O)NC2=O. The van der Waals surface area contributed by atoms with Crippen LogP contribution in [0.3, 0.4) is 0 Å². The molecule has 1 aromatic rings. The number of benzene rings is 1. The lowest BCUT2D eigenvalue weighted by molar-refractivity contribution is -0.125. The number of amides is 3. The van der Waals surface area contributed by atoms with E-state index in [-0.39, 0.29) is 11.7 Å². The molecule has 2 heterocycles. The normalized spacial score (nSPS) is 19.0. The van der Waals surface area contributed by atoms with Crippen LogP contribution in [0.1, 0.15) is 42.5 Å². The molecule has 1 aromatic carbocycles. The fraction of sp³-hybridized carbons (Fsp3) is 0.526. The van der Waals surface area contributed by atoms with E-state index in [4.69, 9.17) is 16.3 Å². The van der Waals surface area contributed by atoms with Crippen LogP contribution >= 0.6 is 11.6 Å². The maximum absolute atomic E-state index is 12.4. The van der Waals surface area contributed by atoms with Crippen molar-refractivity contribution in [1.29, 1.82) is 0 Å². The summed E-state index contributed by atoms with van der Waals surface area (Å²) >= 11 is 5.98. The first-order valence-electron chi connectivity index (χ1n) is 9.16. The lowest BCUT2D eigenvalue weighted by atomic mass is 9.87. The van der Waals surface area contributed by atoms with Crippen LogP contribution in [0.4, 0.5) is 4.79 Å². The standard InChI is InChI=1S/C19H24ClN3O4/c1-27-16-6-5-13(20)12-14(16)15(24)4-2-3-9-23-10-7-19(8-11-23)17(25)21-18(26)22-19/h5-6,12H,2-4,7-11H2,1H3,(H2,21,22,25,26). The van der Waals surface area contributed by atoms with Gasteiger partial charge < -0.3 is 15.0 Å². The highest BCUT2D eigenvalue weighted by molar-refractivity contribution is 6.31. The molecule has 3 amide bonds. The summed E-state index contributed by atoms with van der Waals surface area (Å²) in [7, 11) is 1.54. The number of methoxy groups -OCH3 is 1. The summed E-state index contributed by atoms with van der Waals surface area (Å²) in [4.78, 5) is 38.0. The average Bonchev–Trinajstić information content (AvgIpc) is 2.93. The molecule has 27 heavy (non-hydrogen) atoms. The van der Waals surface area contributed by atoms with Crippen molar-refractivity contribution in [3.05, 3.63) is 28.8 Å². The molecule has 0 aromatic heterocycles. The van der Waals surface area contributed by atoms with Crippen LogP contribution < -0.4 is 15.4 Å². The molecule has 3 rings (SSSR count). The number of piperidine rings is 1. The van der Waals surface area contributed by atoms with Crippen LogP contribution in [0, 0.1) is 0 Å². The quantitative estimate of drug-likeness (QED) is 0.422. The van der Waals surface area contributed by atoms with Gasteiger partial charge in [-0.15, -0.1) is 0 Å². The second-order valence-corrected chi connectivity index (χ2v) is 7.49. The summed E-state index contributed by atoms with van der Waals surface area (Å²) in [6.07, 6.45) is 3.33. The van der Waals surface area contributed by atoms with E-state index < -0.39 is 11.6 Å². The van der Waals surface area contributed by atoms with Crippen molar-refractivity contribution in [2.24, 2.45) is 0 Å². The minimum atomic E-state index is -0.729. The van der Waals surface area contributed by atoms with Gasteiger partial charge in [0.15, 0.2) is 5.78 Å². The Morgan fingerprint density at radius 2 is 2.00 bits per heavy atom. The maximum Gasteiger partial charge on any atom is 0.322 e. The molecule has 2 aliphatic heterocycles. The fourth-order valence-electron chi connectivity index (χ4n) is 3.69. The number of urea groups is 1. The summed E-state index contributed by atoms with van der Waals surface area (Å²) in [5.74, 6) is 0.355. The molecule has 2 fully saturated rings. The number of unbranched alkanes of at least 4 members (excludes halogenated alkanes) is 1. The van der Waals surface area contributed by atoms with Gasteiger partial charge in [0.25, 0.3) is 5.91 Å². The van der Waals surface area contributed by atoms with Crippen molar-refractivity contribution in [2.45, 2.75) is 37.6 Å². The minimum Gasteiger partial charge on any atom is -0.496 e. The first-order valence-corrected chi connectivity index (χ1v) is 9.54. The van der Waals surface area contributed by atoms with Gasteiger partial charge in [0.05, 0.1) is 12.7 Å². The van der Waals surface area contributed by atoms with E-state index in [1.165, 1.54) is 7.11 Å². The zero-order valence-electron chi connectivity index (χ0n) is 15.3. The van der Waals surface area contributed by atoms with Gasteiger partial charge in [-0.3, -0.25) is 14.9 Å².